The summed E-state index contributed by atoms with van der Waals surface area (Å²) >= 11 is 0. The highest BCUT2D eigenvalue weighted by Crippen LogP contribution is 2.22. The Balaban J connectivity index is 2.09. The van der Waals surface area contributed by atoms with Crippen molar-refractivity contribution in [2.75, 3.05) is 11.9 Å². The summed E-state index contributed by atoms with van der Waals surface area (Å²) in [5.74, 6) is 0.917. The van der Waals surface area contributed by atoms with Crippen LogP contribution in [-0.2, 0) is 6.42 Å². The minimum absolute atomic E-state index is 0.209. The van der Waals surface area contributed by atoms with Crippen LogP contribution in [0.1, 0.15) is 5.56 Å². The number of azide groups is 1. The number of hydrogen-bond acceptors (Lipinski definition) is 3. The quantitative estimate of drug-likeness (QED) is 0.422. The second kappa shape index (κ2) is 3.33. The van der Waals surface area contributed by atoms with Crippen LogP contribution in [0.4, 0.5) is 5.82 Å². The van der Waals surface area contributed by atoms with Gasteiger partial charge in [0.1, 0.15) is 5.82 Å². The van der Waals surface area contributed by atoms with Crippen molar-refractivity contribution < 1.29 is 0 Å². The van der Waals surface area contributed by atoms with E-state index >= 15 is 0 Å². The lowest BCUT2D eigenvalue weighted by molar-refractivity contribution is 0.755. The van der Waals surface area contributed by atoms with Gasteiger partial charge in [-0.2, -0.15) is 0 Å². The van der Waals surface area contributed by atoms with Crippen LogP contribution >= 0.6 is 0 Å². The summed E-state index contributed by atoms with van der Waals surface area (Å²) < 4.78 is 0. The van der Waals surface area contributed by atoms with E-state index in [2.05, 4.69) is 20.3 Å². The molecule has 0 saturated heterocycles. The number of aromatic nitrogens is 1. The molecule has 1 aliphatic rings. The van der Waals surface area contributed by atoms with E-state index in [9.17, 15) is 0 Å². The predicted octanol–water partition coefficient (Wildman–Crippen LogP) is 1.73. The predicted molar refractivity (Wildman–Crippen MR) is 49.4 cm³/mol. The summed E-state index contributed by atoms with van der Waals surface area (Å²) in [5, 5.41) is 6.72. The third kappa shape index (κ3) is 1.55. The lowest BCUT2D eigenvalue weighted by Gasteiger charge is -2.04. The Bertz CT molecular complexity index is 330. The van der Waals surface area contributed by atoms with Gasteiger partial charge in [-0.1, -0.05) is 11.2 Å². The summed E-state index contributed by atoms with van der Waals surface area (Å²) in [6, 6.07) is 4.16. The molecule has 0 spiro atoms. The molecule has 0 saturated carbocycles. The molecule has 2 heterocycles. The zero-order valence-corrected chi connectivity index (χ0v) is 7.01. The van der Waals surface area contributed by atoms with E-state index in [-0.39, 0.29) is 6.04 Å². The van der Waals surface area contributed by atoms with Crippen LogP contribution in [0.25, 0.3) is 10.4 Å². The van der Waals surface area contributed by atoms with Gasteiger partial charge in [0, 0.05) is 23.7 Å². The molecular weight excluding hydrogens is 166 g/mol. The van der Waals surface area contributed by atoms with Crippen LogP contribution in [0.3, 0.4) is 0 Å². The summed E-state index contributed by atoms with van der Waals surface area (Å²) in [7, 11) is 0. The van der Waals surface area contributed by atoms with Gasteiger partial charge >= 0.3 is 0 Å². The monoisotopic (exact) mass is 175 g/mol. The lowest BCUT2D eigenvalue weighted by atomic mass is 10.1. The van der Waals surface area contributed by atoms with Crippen LogP contribution in [0, 0.1) is 0 Å². The van der Waals surface area contributed by atoms with Gasteiger partial charge in [-0.3, -0.25) is 0 Å². The molecule has 0 radical (unpaired) electrons. The van der Waals surface area contributed by atoms with E-state index in [1.807, 2.05) is 12.1 Å². The van der Waals surface area contributed by atoms with Crippen LogP contribution < -0.4 is 5.32 Å². The SMILES string of the molecule is [N-]=[N+]=NC[C@@H]1Cc2cccnc2N1. The van der Waals surface area contributed by atoms with Gasteiger partial charge in [0.2, 0.25) is 0 Å². The molecule has 1 aromatic rings. The topological polar surface area (TPSA) is 73.7 Å². The molecule has 0 bridgehead atoms. The van der Waals surface area contributed by atoms with Gasteiger partial charge < -0.3 is 5.32 Å². The fraction of sp³-hybridized carbons (Fsp3) is 0.375. The molecule has 0 amide bonds. The molecule has 5 heteroatoms. The number of rotatable bonds is 2. The maximum absolute atomic E-state index is 8.16. The third-order valence-corrected chi connectivity index (χ3v) is 2.06. The molecule has 0 unspecified atom stereocenters. The maximum atomic E-state index is 8.16. The molecule has 1 aromatic heterocycles. The fourth-order valence-corrected chi connectivity index (χ4v) is 1.49. The van der Waals surface area contributed by atoms with Crippen LogP contribution in [0.5, 0.6) is 0 Å². The van der Waals surface area contributed by atoms with Gasteiger partial charge in [-0.05, 0) is 23.6 Å². The molecule has 66 valence electrons. The Morgan fingerprint density at radius 2 is 2.69 bits per heavy atom. The molecule has 1 N–H and O–H groups in total. The summed E-state index contributed by atoms with van der Waals surface area (Å²) in [6.45, 7) is 0.479. The van der Waals surface area contributed by atoms with Gasteiger partial charge in [-0.15, -0.1) is 0 Å². The molecule has 13 heavy (non-hydrogen) atoms. The van der Waals surface area contributed by atoms with Crippen molar-refractivity contribution in [2.24, 2.45) is 5.11 Å². The maximum Gasteiger partial charge on any atom is 0.129 e. The Hall–Kier alpha value is -1.74. The van der Waals surface area contributed by atoms with E-state index in [1.54, 1.807) is 6.20 Å². The van der Waals surface area contributed by atoms with Crippen molar-refractivity contribution in [3.8, 4) is 0 Å². The van der Waals surface area contributed by atoms with Crippen molar-refractivity contribution in [1.29, 1.82) is 0 Å². The van der Waals surface area contributed by atoms with E-state index in [0.717, 1.165) is 12.2 Å². The van der Waals surface area contributed by atoms with E-state index < -0.39 is 0 Å². The first kappa shape index (κ1) is 7.89. The Kier molecular flexibility index (Phi) is 2.02. The van der Waals surface area contributed by atoms with E-state index in [4.69, 9.17) is 5.53 Å². The minimum Gasteiger partial charge on any atom is -0.367 e. The number of anilines is 1. The average molecular weight is 175 g/mol. The van der Waals surface area contributed by atoms with Crippen LogP contribution in [-0.4, -0.2) is 17.6 Å². The lowest BCUT2D eigenvalue weighted by Crippen LogP contribution is -2.18. The highest BCUT2D eigenvalue weighted by molar-refractivity contribution is 5.50. The highest BCUT2D eigenvalue weighted by atomic mass is 15.2. The zero-order chi connectivity index (χ0) is 9.10. The number of hydrogen-bond donors (Lipinski definition) is 1. The van der Waals surface area contributed by atoms with Crippen molar-refractivity contribution in [3.05, 3.63) is 34.3 Å². The highest BCUT2D eigenvalue weighted by Gasteiger charge is 2.19. The average Bonchev–Trinajstić information content (AvgIpc) is 2.57. The first-order valence-electron chi connectivity index (χ1n) is 4.11. The zero-order valence-electron chi connectivity index (χ0n) is 7.01. The molecule has 1 atom stereocenters. The summed E-state index contributed by atoms with van der Waals surface area (Å²) in [5.41, 5.74) is 9.35. The number of fused-ring (bicyclic) bond motifs is 1. The third-order valence-electron chi connectivity index (χ3n) is 2.06. The summed E-state index contributed by atoms with van der Waals surface area (Å²) in [6.07, 6.45) is 2.64. The first-order chi connectivity index (χ1) is 6.40. The van der Waals surface area contributed by atoms with Crippen LogP contribution in [0.2, 0.25) is 0 Å². The Morgan fingerprint density at radius 3 is 3.46 bits per heavy atom. The first-order valence-corrected chi connectivity index (χ1v) is 4.11. The van der Waals surface area contributed by atoms with Crippen molar-refractivity contribution in [2.45, 2.75) is 12.5 Å². The molecule has 5 nitrogen and oxygen atoms in total. The normalized spacial score (nSPS) is 18.6. The van der Waals surface area contributed by atoms with E-state index in [0.29, 0.717) is 6.54 Å². The van der Waals surface area contributed by atoms with Gasteiger partial charge in [0.15, 0.2) is 0 Å². The van der Waals surface area contributed by atoms with Gasteiger partial charge in [0.05, 0.1) is 0 Å². The molecule has 1 aliphatic heterocycles. The molecule has 0 aliphatic carbocycles. The fourth-order valence-electron chi connectivity index (χ4n) is 1.49. The number of nitrogens with one attached hydrogen (secondary N) is 1. The van der Waals surface area contributed by atoms with E-state index in [1.165, 1.54) is 5.56 Å². The number of nitrogens with zero attached hydrogens (tertiary/aromatic N) is 4. The molecular formula is C8H9N5. The molecule has 0 aromatic carbocycles. The number of pyridine rings is 1. The van der Waals surface area contributed by atoms with Crippen molar-refractivity contribution in [1.82, 2.24) is 4.98 Å². The second-order valence-corrected chi connectivity index (χ2v) is 2.97. The molecule has 0 fully saturated rings. The second-order valence-electron chi connectivity index (χ2n) is 2.97. The minimum atomic E-state index is 0.209. The van der Waals surface area contributed by atoms with Crippen molar-refractivity contribution >= 4 is 5.82 Å². The summed E-state index contributed by atoms with van der Waals surface area (Å²) in [4.78, 5) is 6.90. The molecule has 2 rings (SSSR count). The largest absolute Gasteiger partial charge is 0.367 e. The van der Waals surface area contributed by atoms with Gasteiger partial charge in [-0.25, -0.2) is 4.98 Å². The van der Waals surface area contributed by atoms with Gasteiger partial charge in [0.25, 0.3) is 0 Å². The Labute approximate surface area is 75.4 Å². The van der Waals surface area contributed by atoms with Crippen LogP contribution in [0.15, 0.2) is 23.4 Å². The van der Waals surface area contributed by atoms with Crippen molar-refractivity contribution in [3.63, 3.8) is 0 Å². The Morgan fingerprint density at radius 1 is 1.77 bits per heavy atom. The standard InChI is InChI=1S/C8H9N5/c9-13-11-5-7-4-6-2-1-3-10-8(6)12-7/h1-3,7H,4-5H2,(H,10,12)/t7-/m0/s1. The smallest absolute Gasteiger partial charge is 0.129 e.